The zero-order chi connectivity index (χ0) is 14.6. The molecule has 0 aliphatic heterocycles. The van der Waals surface area contributed by atoms with E-state index in [0.717, 1.165) is 16.7 Å². The van der Waals surface area contributed by atoms with E-state index in [1.54, 1.807) is 6.20 Å². The lowest BCUT2D eigenvalue weighted by atomic mass is 10.0. The SMILES string of the molecule is CC(C)NC(C)(CO)COc1cccc2ncccc12. The Morgan fingerprint density at radius 1 is 1.30 bits per heavy atom. The summed E-state index contributed by atoms with van der Waals surface area (Å²) >= 11 is 0. The number of benzene rings is 1. The number of pyridine rings is 1. The zero-order valence-corrected chi connectivity index (χ0v) is 12.3. The molecule has 20 heavy (non-hydrogen) atoms. The topological polar surface area (TPSA) is 54.4 Å². The number of rotatable bonds is 6. The van der Waals surface area contributed by atoms with Crippen LogP contribution in [0.3, 0.4) is 0 Å². The largest absolute Gasteiger partial charge is 0.491 e. The Morgan fingerprint density at radius 3 is 2.80 bits per heavy atom. The molecule has 0 fully saturated rings. The number of ether oxygens (including phenoxy) is 1. The molecule has 4 nitrogen and oxygen atoms in total. The van der Waals surface area contributed by atoms with E-state index in [0.29, 0.717) is 6.61 Å². The molecule has 0 aliphatic rings. The highest BCUT2D eigenvalue weighted by Crippen LogP contribution is 2.24. The van der Waals surface area contributed by atoms with Gasteiger partial charge in [-0.2, -0.15) is 0 Å². The molecule has 108 valence electrons. The molecule has 1 aromatic carbocycles. The van der Waals surface area contributed by atoms with Crippen molar-refractivity contribution in [2.45, 2.75) is 32.4 Å². The average Bonchev–Trinajstić information content (AvgIpc) is 2.44. The lowest BCUT2D eigenvalue weighted by molar-refractivity contribution is 0.109. The summed E-state index contributed by atoms with van der Waals surface area (Å²) in [5, 5.41) is 13.9. The molecule has 0 saturated carbocycles. The van der Waals surface area contributed by atoms with Gasteiger partial charge in [0.2, 0.25) is 0 Å². The van der Waals surface area contributed by atoms with Crippen LogP contribution in [0.25, 0.3) is 10.9 Å². The molecule has 0 bridgehead atoms. The number of hydrogen-bond donors (Lipinski definition) is 2. The van der Waals surface area contributed by atoms with Crippen molar-refractivity contribution in [2.24, 2.45) is 0 Å². The van der Waals surface area contributed by atoms with E-state index in [4.69, 9.17) is 4.74 Å². The molecule has 1 heterocycles. The molecule has 0 saturated heterocycles. The van der Waals surface area contributed by atoms with E-state index >= 15 is 0 Å². The summed E-state index contributed by atoms with van der Waals surface area (Å²) in [5.41, 5.74) is 0.450. The summed E-state index contributed by atoms with van der Waals surface area (Å²) in [6.45, 7) is 6.48. The van der Waals surface area contributed by atoms with Crippen LogP contribution in [0, 0.1) is 0 Å². The molecule has 0 spiro atoms. The Kier molecular flexibility index (Phi) is 4.57. The first-order chi connectivity index (χ1) is 9.54. The highest BCUT2D eigenvalue weighted by Gasteiger charge is 2.25. The van der Waals surface area contributed by atoms with Crippen LogP contribution in [0.1, 0.15) is 20.8 Å². The van der Waals surface area contributed by atoms with Crippen molar-refractivity contribution in [3.8, 4) is 5.75 Å². The predicted molar refractivity (Wildman–Crippen MR) is 81.0 cm³/mol. The molecule has 1 aromatic heterocycles. The Hall–Kier alpha value is -1.65. The number of hydrogen-bond acceptors (Lipinski definition) is 4. The molecule has 4 heteroatoms. The second-order valence-corrected chi connectivity index (χ2v) is 5.63. The van der Waals surface area contributed by atoms with Crippen molar-refractivity contribution < 1.29 is 9.84 Å². The summed E-state index contributed by atoms with van der Waals surface area (Å²) in [4.78, 5) is 4.31. The molecular weight excluding hydrogens is 252 g/mol. The molecule has 0 aliphatic carbocycles. The van der Waals surface area contributed by atoms with Crippen molar-refractivity contribution >= 4 is 10.9 Å². The fourth-order valence-corrected chi connectivity index (χ4v) is 2.27. The summed E-state index contributed by atoms with van der Waals surface area (Å²) < 4.78 is 5.91. The van der Waals surface area contributed by atoms with Gasteiger partial charge in [-0.3, -0.25) is 4.98 Å². The molecule has 1 atom stereocenters. The smallest absolute Gasteiger partial charge is 0.128 e. The quantitative estimate of drug-likeness (QED) is 0.849. The van der Waals surface area contributed by atoms with E-state index in [9.17, 15) is 5.11 Å². The third-order valence-corrected chi connectivity index (χ3v) is 3.14. The molecule has 0 amide bonds. The Balaban J connectivity index is 2.16. The first-order valence-electron chi connectivity index (χ1n) is 6.89. The fraction of sp³-hybridized carbons (Fsp3) is 0.438. The highest BCUT2D eigenvalue weighted by atomic mass is 16.5. The minimum atomic E-state index is -0.460. The highest BCUT2D eigenvalue weighted by molar-refractivity contribution is 5.84. The van der Waals surface area contributed by atoms with Crippen LogP contribution in [-0.2, 0) is 0 Å². The van der Waals surface area contributed by atoms with Crippen LogP contribution in [0.4, 0.5) is 0 Å². The average molecular weight is 274 g/mol. The first kappa shape index (κ1) is 14.8. The third kappa shape index (κ3) is 3.46. The Bertz CT molecular complexity index is 566. The van der Waals surface area contributed by atoms with E-state index in [1.807, 2.05) is 37.3 Å². The van der Waals surface area contributed by atoms with Crippen molar-refractivity contribution in [1.82, 2.24) is 10.3 Å². The fourth-order valence-electron chi connectivity index (χ4n) is 2.27. The monoisotopic (exact) mass is 274 g/mol. The summed E-state index contributed by atoms with van der Waals surface area (Å²) in [6, 6.07) is 9.98. The Labute approximate surface area is 119 Å². The van der Waals surface area contributed by atoms with Crippen molar-refractivity contribution in [3.05, 3.63) is 36.5 Å². The minimum absolute atomic E-state index is 0.0220. The molecule has 2 aromatic rings. The lowest BCUT2D eigenvalue weighted by Gasteiger charge is -2.31. The number of aliphatic hydroxyl groups is 1. The first-order valence-corrected chi connectivity index (χ1v) is 6.89. The molecular formula is C16H22N2O2. The number of nitrogens with zero attached hydrogens (tertiary/aromatic N) is 1. The summed E-state index contributed by atoms with van der Waals surface area (Å²) in [5.74, 6) is 0.792. The van der Waals surface area contributed by atoms with Gasteiger partial charge in [-0.05, 0) is 31.2 Å². The number of fused-ring (bicyclic) bond motifs is 1. The summed E-state index contributed by atoms with van der Waals surface area (Å²) in [7, 11) is 0. The maximum Gasteiger partial charge on any atom is 0.128 e. The van der Waals surface area contributed by atoms with Gasteiger partial charge >= 0.3 is 0 Å². The van der Waals surface area contributed by atoms with Crippen LogP contribution in [0.15, 0.2) is 36.5 Å². The number of aromatic nitrogens is 1. The van der Waals surface area contributed by atoms with E-state index < -0.39 is 5.54 Å². The van der Waals surface area contributed by atoms with Crippen molar-refractivity contribution in [1.29, 1.82) is 0 Å². The number of nitrogens with one attached hydrogen (secondary N) is 1. The second kappa shape index (κ2) is 6.20. The zero-order valence-electron chi connectivity index (χ0n) is 12.3. The van der Waals surface area contributed by atoms with Crippen LogP contribution in [-0.4, -0.2) is 34.9 Å². The van der Waals surface area contributed by atoms with Gasteiger partial charge in [0.1, 0.15) is 12.4 Å². The summed E-state index contributed by atoms with van der Waals surface area (Å²) in [6.07, 6.45) is 1.77. The van der Waals surface area contributed by atoms with E-state index in [1.165, 1.54) is 0 Å². The second-order valence-electron chi connectivity index (χ2n) is 5.63. The third-order valence-electron chi connectivity index (χ3n) is 3.14. The molecule has 1 unspecified atom stereocenters. The molecule has 0 radical (unpaired) electrons. The van der Waals surface area contributed by atoms with Gasteiger partial charge in [0.25, 0.3) is 0 Å². The minimum Gasteiger partial charge on any atom is -0.491 e. The van der Waals surface area contributed by atoms with Crippen LogP contribution in [0.5, 0.6) is 5.75 Å². The van der Waals surface area contributed by atoms with Gasteiger partial charge in [0, 0.05) is 17.6 Å². The van der Waals surface area contributed by atoms with Crippen LogP contribution >= 0.6 is 0 Å². The van der Waals surface area contributed by atoms with Crippen LogP contribution in [0.2, 0.25) is 0 Å². The number of aliphatic hydroxyl groups excluding tert-OH is 1. The van der Waals surface area contributed by atoms with E-state index in [2.05, 4.69) is 24.1 Å². The Morgan fingerprint density at radius 2 is 2.10 bits per heavy atom. The molecule has 2 rings (SSSR count). The molecule has 2 N–H and O–H groups in total. The van der Waals surface area contributed by atoms with Gasteiger partial charge in [-0.15, -0.1) is 0 Å². The van der Waals surface area contributed by atoms with Gasteiger partial charge in [-0.25, -0.2) is 0 Å². The maximum absolute atomic E-state index is 9.57. The van der Waals surface area contributed by atoms with Gasteiger partial charge < -0.3 is 15.2 Å². The standard InChI is InChI=1S/C16H22N2O2/c1-12(2)18-16(3,10-19)11-20-15-8-4-7-14-13(15)6-5-9-17-14/h4-9,12,18-19H,10-11H2,1-3H3. The normalized spacial score (nSPS) is 14.4. The maximum atomic E-state index is 9.57. The van der Waals surface area contributed by atoms with Crippen LogP contribution < -0.4 is 10.1 Å². The van der Waals surface area contributed by atoms with Gasteiger partial charge in [0.15, 0.2) is 0 Å². The van der Waals surface area contributed by atoms with Crippen molar-refractivity contribution in [2.75, 3.05) is 13.2 Å². The lowest BCUT2D eigenvalue weighted by Crippen LogP contribution is -2.53. The van der Waals surface area contributed by atoms with Gasteiger partial charge in [-0.1, -0.05) is 19.9 Å². The van der Waals surface area contributed by atoms with Crippen molar-refractivity contribution in [3.63, 3.8) is 0 Å². The van der Waals surface area contributed by atoms with E-state index in [-0.39, 0.29) is 12.6 Å². The van der Waals surface area contributed by atoms with Gasteiger partial charge in [0.05, 0.1) is 17.7 Å². The predicted octanol–water partition coefficient (Wildman–Crippen LogP) is 2.36.